The lowest BCUT2D eigenvalue weighted by Gasteiger charge is -2.03. The molecule has 1 saturated heterocycles. The van der Waals surface area contributed by atoms with Gasteiger partial charge >= 0.3 is 0 Å². The van der Waals surface area contributed by atoms with E-state index in [-0.39, 0.29) is 0 Å². The van der Waals surface area contributed by atoms with Gasteiger partial charge in [-0.3, -0.25) is 0 Å². The first-order valence-corrected chi connectivity index (χ1v) is 6.59. The third-order valence-electron chi connectivity index (χ3n) is 2.80. The van der Waals surface area contributed by atoms with Crippen molar-refractivity contribution in [3.8, 4) is 0 Å². The summed E-state index contributed by atoms with van der Waals surface area (Å²) < 4.78 is 0. The quantitative estimate of drug-likeness (QED) is 0.772. The largest absolute Gasteiger partial charge is 0.324 e. The third-order valence-corrected chi connectivity index (χ3v) is 3.42. The van der Waals surface area contributed by atoms with Crippen LogP contribution < -0.4 is 5.32 Å². The lowest BCUT2D eigenvalue weighted by Crippen LogP contribution is -2.14. The van der Waals surface area contributed by atoms with Crippen molar-refractivity contribution in [2.24, 2.45) is 0 Å². The molecule has 3 heterocycles. The average molecular weight is 235 g/mol. The van der Waals surface area contributed by atoms with Gasteiger partial charge in [-0.2, -0.15) is 0 Å². The SMILES string of the molecule is CSc1cnc2nc(C3CCCN3)[nH]c2n1. The molecular weight excluding hydrogens is 222 g/mol. The number of aromatic amines is 1. The Balaban J connectivity index is 2.01. The molecule has 2 aromatic rings. The highest BCUT2D eigenvalue weighted by Crippen LogP contribution is 2.22. The minimum Gasteiger partial charge on any atom is -0.324 e. The van der Waals surface area contributed by atoms with Crippen LogP contribution in [0.15, 0.2) is 11.2 Å². The highest BCUT2D eigenvalue weighted by molar-refractivity contribution is 7.98. The van der Waals surface area contributed by atoms with Crippen molar-refractivity contribution in [1.82, 2.24) is 25.3 Å². The highest BCUT2D eigenvalue weighted by Gasteiger charge is 2.20. The minimum absolute atomic E-state index is 0.341. The summed E-state index contributed by atoms with van der Waals surface area (Å²) in [5.41, 5.74) is 1.50. The fourth-order valence-corrected chi connectivity index (χ4v) is 2.32. The van der Waals surface area contributed by atoms with E-state index in [0.29, 0.717) is 11.7 Å². The first-order chi connectivity index (χ1) is 7.86. The molecule has 2 N–H and O–H groups in total. The standard InChI is InChI=1S/C10H13N5S/c1-16-7-5-12-9-10(13-7)15-8(14-9)6-3-2-4-11-6/h5-6,11H,2-4H2,1H3,(H,12,13,14,15). The zero-order valence-corrected chi connectivity index (χ0v) is 9.84. The molecule has 16 heavy (non-hydrogen) atoms. The van der Waals surface area contributed by atoms with E-state index < -0.39 is 0 Å². The van der Waals surface area contributed by atoms with Gasteiger partial charge in [-0.15, -0.1) is 11.8 Å². The number of fused-ring (bicyclic) bond motifs is 1. The molecule has 1 aliphatic heterocycles. The second-order valence-corrected chi connectivity index (χ2v) is 4.68. The van der Waals surface area contributed by atoms with Gasteiger partial charge in [0.05, 0.1) is 12.2 Å². The molecule has 6 heteroatoms. The molecule has 5 nitrogen and oxygen atoms in total. The van der Waals surface area contributed by atoms with Crippen LogP contribution in [-0.2, 0) is 0 Å². The van der Waals surface area contributed by atoms with Crippen molar-refractivity contribution < 1.29 is 0 Å². The molecular formula is C10H13N5S. The smallest absolute Gasteiger partial charge is 0.197 e. The topological polar surface area (TPSA) is 66.5 Å². The van der Waals surface area contributed by atoms with E-state index in [1.807, 2.05) is 6.26 Å². The summed E-state index contributed by atoms with van der Waals surface area (Å²) in [4.78, 5) is 16.5. The lowest BCUT2D eigenvalue weighted by atomic mass is 10.2. The number of thioether (sulfide) groups is 1. The summed E-state index contributed by atoms with van der Waals surface area (Å²) in [5.74, 6) is 0.964. The maximum absolute atomic E-state index is 4.47. The molecule has 1 fully saturated rings. The Kier molecular flexibility index (Phi) is 2.53. The molecule has 0 aromatic carbocycles. The van der Waals surface area contributed by atoms with Gasteiger partial charge in [-0.25, -0.2) is 15.0 Å². The van der Waals surface area contributed by atoms with E-state index in [2.05, 4.69) is 25.3 Å². The van der Waals surface area contributed by atoms with Crippen molar-refractivity contribution in [2.75, 3.05) is 12.8 Å². The van der Waals surface area contributed by atoms with Gasteiger partial charge in [0.15, 0.2) is 11.3 Å². The van der Waals surface area contributed by atoms with Crippen LogP contribution in [0, 0.1) is 0 Å². The number of nitrogens with one attached hydrogen (secondary N) is 2. The van der Waals surface area contributed by atoms with E-state index in [4.69, 9.17) is 0 Å². The normalized spacial score (nSPS) is 20.7. The van der Waals surface area contributed by atoms with Crippen LogP contribution in [-0.4, -0.2) is 32.7 Å². The van der Waals surface area contributed by atoms with Gasteiger partial charge in [0, 0.05) is 0 Å². The van der Waals surface area contributed by atoms with Crippen molar-refractivity contribution in [2.45, 2.75) is 23.9 Å². The van der Waals surface area contributed by atoms with Crippen molar-refractivity contribution in [3.05, 3.63) is 12.0 Å². The molecule has 84 valence electrons. The summed E-state index contributed by atoms with van der Waals surface area (Å²) in [7, 11) is 0. The molecule has 0 aliphatic carbocycles. The predicted molar refractivity (Wildman–Crippen MR) is 63.4 cm³/mol. The molecule has 0 amide bonds. The summed E-state index contributed by atoms with van der Waals surface area (Å²) in [6, 6.07) is 0.341. The molecule has 1 aliphatic rings. The Morgan fingerprint density at radius 3 is 3.12 bits per heavy atom. The van der Waals surface area contributed by atoms with Crippen molar-refractivity contribution in [3.63, 3.8) is 0 Å². The minimum atomic E-state index is 0.341. The molecule has 1 atom stereocenters. The second-order valence-electron chi connectivity index (χ2n) is 3.86. The lowest BCUT2D eigenvalue weighted by molar-refractivity contribution is 0.614. The molecule has 2 aromatic heterocycles. The van der Waals surface area contributed by atoms with E-state index in [1.165, 1.54) is 6.42 Å². The Hall–Kier alpha value is -1.14. The van der Waals surface area contributed by atoms with Gasteiger partial charge in [-0.1, -0.05) is 0 Å². The number of H-pyrrole nitrogens is 1. The Morgan fingerprint density at radius 1 is 1.44 bits per heavy atom. The van der Waals surface area contributed by atoms with Crippen molar-refractivity contribution >= 4 is 23.1 Å². The van der Waals surface area contributed by atoms with E-state index in [9.17, 15) is 0 Å². The molecule has 0 radical (unpaired) electrons. The van der Waals surface area contributed by atoms with Gasteiger partial charge in [0.25, 0.3) is 0 Å². The van der Waals surface area contributed by atoms with Crippen LogP contribution >= 0.6 is 11.8 Å². The summed E-state index contributed by atoms with van der Waals surface area (Å²) in [5, 5.41) is 4.33. The maximum atomic E-state index is 4.47. The number of rotatable bonds is 2. The highest BCUT2D eigenvalue weighted by atomic mass is 32.2. The zero-order chi connectivity index (χ0) is 11.0. The van der Waals surface area contributed by atoms with Crippen molar-refractivity contribution in [1.29, 1.82) is 0 Å². The second kappa shape index (κ2) is 4.03. The van der Waals surface area contributed by atoms with Gasteiger partial charge in [0.2, 0.25) is 0 Å². The predicted octanol–water partition coefficient (Wildman–Crippen LogP) is 1.50. The summed E-state index contributed by atoms with van der Waals surface area (Å²) >= 11 is 1.59. The van der Waals surface area contributed by atoms with Gasteiger partial charge in [-0.05, 0) is 25.6 Å². The van der Waals surface area contributed by atoms with Crippen LogP contribution in [0.1, 0.15) is 24.7 Å². The number of nitrogens with zero attached hydrogens (tertiary/aromatic N) is 3. The van der Waals surface area contributed by atoms with Crippen LogP contribution in [0.25, 0.3) is 11.3 Å². The Bertz CT molecular complexity index is 503. The fraction of sp³-hybridized carbons (Fsp3) is 0.500. The van der Waals surface area contributed by atoms with Crippen LogP contribution in [0.5, 0.6) is 0 Å². The van der Waals surface area contributed by atoms with E-state index >= 15 is 0 Å². The first-order valence-electron chi connectivity index (χ1n) is 5.37. The molecule has 3 rings (SSSR count). The molecule has 1 unspecified atom stereocenters. The number of aromatic nitrogens is 4. The fourth-order valence-electron chi connectivity index (χ4n) is 1.98. The molecule has 0 bridgehead atoms. The van der Waals surface area contributed by atoms with E-state index in [1.54, 1.807) is 18.0 Å². The summed E-state index contributed by atoms with van der Waals surface area (Å²) in [6.07, 6.45) is 6.10. The third kappa shape index (κ3) is 1.68. The Morgan fingerprint density at radius 2 is 2.38 bits per heavy atom. The zero-order valence-electron chi connectivity index (χ0n) is 9.03. The van der Waals surface area contributed by atoms with E-state index in [0.717, 1.165) is 29.5 Å². The van der Waals surface area contributed by atoms with Gasteiger partial charge < -0.3 is 10.3 Å². The van der Waals surface area contributed by atoms with Crippen LogP contribution in [0.4, 0.5) is 0 Å². The number of imidazole rings is 1. The Labute approximate surface area is 97.5 Å². The number of hydrogen-bond donors (Lipinski definition) is 2. The van der Waals surface area contributed by atoms with Gasteiger partial charge in [0.1, 0.15) is 10.9 Å². The first kappa shape index (κ1) is 10.0. The molecule has 0 spiro atoms. The average Bonchev–Trinajstić information content (AvgIpc) is 2.96. The number of hydrogen-bond acceptors (Lipinski definition) is 5. The van der Waals surface area contributed by atoms with Crippen LogP contribution in [0.3, 0.4) is 0 Å². The molecule has 0 saturated carbocycles. The van der Waals surface area contributed by atoms with Crippen LogP contribution in [0.2, 0.25) is 0 Å². The monoisotopic (exact) mass is 235 g/mol. The summed E-state index contributed by atoms with van der Waals surface area (Å²) in [6.45, 7) is 1.07. The maximum Gasteiger partial charge on any atom is 0.197 e.